The smallest absolute Gasteiger partial charge is 0.203 e. The van der Waals surface area contributed by atoms with E-state index in [0.29, 0.717) is 5.56 Å². The van der Waals surface area contributed by atoms with Crippen molar-refractivity contribution in [3.63, 3.8) is 0 Å². The molecule has 4 rings (SSSR count). The largest absolute Gasteiger partial charge is 0.507 e. The van der Waals surface area contributed by atoms with Gasteiger partial charge in [0.1, 0.15) is 47.2 Å². The number of carbonyl (C=O) groups excluding carboxylic acids is 1. The normalized spacial score (nSPS) is 30.3. The Bertz CT molecular complexity index is 1090. The Balaban J connectivity index is 1.77. The van der Waals surface area contributed by atoms with Crippen molar-refractivity contribution in [3.8, 4) is 28.7 Å². The number of rotatable bonds is 6. The minimum atomic E-state index is -1.78. The number of ether oxygens (including phenoxy) is 5. The van der Waals surface area contributed by atoms with Crippen LogP contribution in [0.4, 0.5) is 0 Å². The molecule has 2 aromatic carbocycles. The number of hydrogen-bond donors (Lipinski definition) is 6. The van der Waals surface area contributed by atoms with E-state index in [2.05, 4.69) is 0 Å². The SMILES string of the molecule is COc1cc(O)c2c(c1)OC(c1ccc(O)c(OC)c1)C(O[C@@H]1O[C@H](CO)[C@@H](O)[C@H](O)[C@H]1O)C2=O. The van der Waals surface area contributed by atoms with Crippen LogP contribution in [0.2, 0.25) is 0 Å². The molecule has 0 aromatic heterocycles. The highest BCUT2D eigenvalue weighted by Crippen LogP contribution is 2.44. The lowest BCUT2D eigenvalue weighted by Gasteiger charge is -2.42. The zero-order chi connectivity index (χ0) is 25.4. The molecule has 190 valence electrons. The molecule has 12 heteroatoms. The second-order valence-corrected chi connectivity index (χ2v) is 8.11. The highest BCUT2D eigenvalue weighted by Gasteiger charge is 2.49. The first-order valence-corrected chi connectivity index (χ1v) is 10.6. The van der Waals surface area contributed by atoms with Crippen molar-refractivity contribution in [2.75, 3.05) is 20.8 Å². The third-order valence-electron chi connectivity index (χ3n) is 5.99. The fourth-order valence-electron chi connectivity index (χ4n) is 4.08. The molecule has 1 fully saturated rings. The molecule has 1 saturated heterocycles. The predicted octanol–water partition coefficient (Wildman–Crippen LogP) is -0.384. The monoisotopic (exact) mass is 494 g/mol. The maximum absolute atomic E-state index is 13.5. The molecule has 0 spiro atoms. The molecule has 7 atom stereocenters. The van der Waals surface area contributed by atoms with Gasteiger partial charge in [-0.05, 0) is 17.7 Å². The van der Waals surface area contributed by atoms with Gasteiger partial charge in [0.05, 0.1) is 20.8 Å². The van der Waals surface area contributed by atoms with Crippen LogP contribution in [0.25, 0.3) is 0 Å². The van der Waals surface area contributed by atoms with Gasteiger partial charge in [-0.2, -0.15) is 0 Å². The van der Waals surface area contributed by atoms with Crippen molar-refractivity contribution in [3.05, 3.63) is 41.5 Å². The second-order valence-electron chi connectivity index (χ2n) is 8.11. The van der Waals surface area contributed by atoms with Crippen LogP contribution < -0.4 is 14.2 Å². The van der Waals surface area contributed by atoms with E-state index in [1.165, 1.54) is 44.6 Å². The Morgan fingerprint density at radius 3 is 2.34 bits per heavy atom. The number of phenolic OH excluding ortho intramolecular Hbond substituents is 2. The third kappa shape index (κ3) is 4.47. The molecule has 0 bridgehead atoms. The average molecular weight is 494 g/mol. The lowest BCUT2D eigenvalue weighted by Crippen LogP contribution is -2.60. The van der Waals surface area contributed by atoms with Crippen molar-refractivity contribution >= 4 is 5.78 Å². The molecule has 2 aromatic rings. The summed E-state index contributed by atoms with van der Waals surface area (Å²) < 4.78 is 27.5. The van der Waals surface area contributed by atoms with Gasteiger partial charge in [0.15, 0.2) is 30.0 Å². The fraction of sp³-hybridized carbons (Fsp3) is 0.435. The van der Waals surface area contributed by atoms with Crippen LogP contribution in [0.3, 0.4) is 0 Å². The van der Waals surface area contributed by atoms with Gasteiger partial charge in [-0.25, -0.2) is 0 Å². The van der Waals surface area contributed by atoms with E-state index in [1.807, 2.05) is 0 Å². The number of benzene rings is 2. The molecule has 35 heavy (non-hydrogen) atoms. The summed E-state index contributed by atoms with van der Waals surface area (Å²) in [4.78, 5) is 13.5. The van der Waals surface area contributed by atoms with Gasteiger partial charge < -0.3 is 54.3 Å². The van der Waals surface area contributed by atoms with Gasteiger partial charge in [-0.3, -0.25) is 4.79 Å². The second kappa shape index (κ2) is 9.85. The summed E-state index contributed by atoms with van der Waals surface area (Å²) in [7, 11) is 2.71. The highest BCUT2D eigenvalue weighted by molar-refractivity contribution is 6.05. The van der Waals surface area contributed by atoms with Crippen LogP contribution in [0, 0.1) is 0 Å². The van der Waals surface area contributed by atoms with Gasteiger partial charge >= 0.3 is 0 Å². The van der Waals surface area contributed by atoms with Crippen molar-refractivity contribution in [1.82, 2.24) is 0 Å². The average Bonchev–Trinajstić information content (AvgIpc) is 2.85. The lowest BCUT2D eigenvalue weighted by molar-refractivity contribution is -0.311. The number of phenols is 2. The van der Waals surface area contributed by atoms with E-state index in [1.54, 1.807) is 0 Å². The lowest BCUT2D eigenvalue weighted by atomic mass is 9.92. The van der Waals surface area contributed by atoms with Crippen LogP contribution in [0.15, 0.2) is 30.3 Å². The number of hydrogen-bond acceptors (Lipinski definition) is 12. The molecule has 2 heterocycles. The Morgan fingerprint density at radius 1 is 0.943 bits per heavy atom. The first-order chi connectivity index (χ1) is 16.7. The molecule has 2 aliphatic rings. The van der Waals surface area contributed by atoms with E-state index in [9.17, 15) is 35.4 Å². The zero-order valence-electron chi connectivity index (χ0n) is 18.8. The Morgan fingerprint density at radius 2 is 1.69 bits per heavy atom. The Kier molecular flexibility index (Phi) is 7.03. The number of ketones is 1. The number of aromatic hydroxyl groups is 2. The van der Waals surface area contributed by atoms with Crippen LogP contribution >= 0.6 is 0 Å². The first-order valence-electron chi connectivity index (χ1n) is 10.6. The summed E-state index contributed by atoms with van der Waals surface area (Å²) in [6, 6.07) is 6.83. The van der Waals surface area contributed by atoms with Crippen LogP contribution in [-0.4, -0.2) is 94.1 Å². The van der Waals surface area contributed by atoms with Crippen LogP contribution in [-0.2, 0) is 9.47 Å². The minimum absolute atomic E-state index is 0.00227. The summed E-state index contributed by atoms with van der Waals surface area (Å²) >= 11 is 0. The predicted molar refractivity (Wildman–Crippen MR) is 116 cm³/mol. The van der Waals surface area contributed by atoms with Gasteiger partial charge in [-0.15, -0.1) is 0 Å². The zero-order valence-corrected chi connectivity index (χ0v) is 18.8. The number of fused-ring (bicyclic) bond motifs is 1. The van der Waals surface area contributed by atoms with Gasteiger partial charge in [0.25, 0.3) is 0 Å². The van der Waals surface area contributed by atoms with E-state index in [4.69, 9.17) is 23.7 Å². The van der Waals surface area contributed by atoms with Gasteiger partial charge in [0.2, 0.25) is 5.78 Å². The molecule has 2 unspecified atom stereocenters. The standard InChI is InChI=1S/C23H26O12/c1-31-10-6-12(26)16-14(7-10)33-21(9-3-4-11(25)13(5-9)32-2)22(18(16)28)35-23-20(30)19(29)17(27)15(8-24)34-23/h3-7,15,17,19-27,29-30H,8H2,1-2H3/t15-,17-,19+,20-,21?,22?,23+/m1/s1. The third-order valence-corrected chi connectivity index (χ3v) is 5.99. The molecule has 0 saturated carbocycles. The minimum Gasteiger partial charge on any atom is -0.507 e. The summed E-state index contributed by atoms with van der Waals surface area (Å²) in [5.41, 5.74) is 0.123. The summed E-state index contributed by atoms with van der Waals surface area (Å²) in [6.07, 6.45) is -10.8. The number of methoxy groups -OCH3 is 2. The summed E-state index contributed by atoms with van der Waals surface area (Å²) in [5, 5.41) is 60.5. The molecule has 0 radical (unpaired) electrons. The van der Waals surface area contributed by atoms with Crippen molar-refractivity contribution in [1.29, 1.82) is 0 Å². The van der Waals surface area contributed by atoms with Crippen molar-refractivity contribution in [2.45, 2.75) is 42.9 Å². The van der Waals surface area contributed by atoms with E-state index in [0.717, 1.165) is 0 Å². The van der Waals surface area contributed by atoms with Crippen molar-refractivity contribution in [2.24, 2.45) is 0 Å². The van der Waals surface area contributed by atoms with Crippen LogP contribution in [0.1, 0.15) is 22.0 Å². The van der Waals surface area contributed by atoms with Crippen LogP contribution in [0.5, 0.6) is 28.7 Å². The molecule has 0 amide bonds. The molecular formula is C23H26O12. The number of aliphatic hydroxyl groups is 4. The van der Waals surface area contributed by atoms with E-state index in [-0.39, 0.29) is 28.6 Å². The van der Waals surface area contributed by atoms with Gasteiger partial charge in [-0.1, -0.05) is 6.07 Å². The van der Waals surface area contributed by atoms with Gasteiger partial charge in [0, 0.05) is 12.1 Å². The fourth-order valence-corrected chi connectivity index (χ4v) is 4.08. The number of Topliss-reactive ketones (excluding diaryl/α,β-unsaturated/α-hetero) is 1. The Labute approximate surface area is 199 Å². The summed E-state index contributed by atoms with van der Waals surface area (Å²) in [5.74, 6) is -1.02. The number of aliphatic hydroxyl groups excluding tert-OH is 4. The Hall–Kier alpha value is -3.13. The highest BCUT2D eigenvalue weighted by atomic mass is 16.7. The maximum Gasteiger partial charge on any atom is 0.203 e. The molecular weight excluding hydrogens is 468 g/mol. The maximum atomic E-state index is 13.5. The molecule has 0 aliphatic carbocycles. The topological polar surface area (TPSA) is 185 Å². The molecule has 12 nitrogen and oxygen atoms in total. The quantitative estimate of drug-likeness (QED) is 0.306. The van der Waals surface area contributed by atoms with E-state index < -0.39 is 61.1 Å². The first kappa shape index (κ1) is 25.0. The van der Waals surface area contributed by atoms with E-state index >= 15 is 0 Å². The summed E-state index contributed by atoms with van der Waals surface area (Å²) in [6.45, 7) is -0.693. The number of carbonyl (C=O) groups is 1. The molecule has 2 aliphatic heterocycles. The van der Waals surface area contributed by atoms with Crippen molar-refractivity contribution < 1.29 is 59.1 Å². The molecule has 6 N–H and O–H groups in total.